The van der Waals surface area contributed by atoms with Crippen molar-refractivity contribution in [3.63, 3.8) is 0 Å². The van der Waals surface area contributed by atoms with Gasteiger partial charge in [-0.05, 0) is 163 Å². The van der Waals surface area contributed by atoms with Crippen molar-refractivity contribution < 1.29 is 4.74 Å². The zero-order valence-corrected chi connectivity index (χ0v) is 38.6. The molecular formula is C60H60N2O. The van der Waals surface area contributed by atoms with Crippen LogP contribution in [0.15, 0.2) is 170 Å². The average molecular weight is 825 g/mol. The molecule has 316 valence electrons. The molecule has 0 spiro atoms. The number of nitrogens with zero attached hydrogens (tertiary/aromatic N) is 2. The Morgan fingerprint density at radius 1 is 0.365 bits per heavy atom. The Labute approximate surface area is 376 Å². The fourth-order valence-electron chi connectivity index (χ4n) is 9.18. The van der Waals surface area contributed by atoms with E-state index in [0.717, 1.165) is 51.0 Å². The minimum atomic E-state index is 0.193. The summed E-state index contributed by atoms with van der Waals surface area (Å²) in [5.41, 5.74) is 22.4. The number of ether oxygens (including phenoxy) is 1. The molecule has 0 bridgehead atoms. The highest BCUT2D eigenvalue weighted by atomic mass is 16.5. The van der Waals surface area contributed by atoms with E-state index < -0.39 is 0 Å². The molecule has 0 aromatic heterocycles. The number of hydrogen-bond acceptors (Lipinski definition) is 3. The van der Waals surface area contributed by atoms with E-state index in [0.29, 0.717) is 0 Å². The molecule has 0 fully saturated rings. The Balaban J connectivity index is 1.40. The quantitative estimate of drug-likeness (QED) is 0.122. The van der Waals surface area contributed by atoms with E-state index >= 15 is 0 Å². The first-order valence-electron chi connectivity index (χ1n) is 22.4. The van der Waals surface area contributed by atoms with Crippen LogP contribution < -0.4 is 14.5 Å². The van der Waals surface area contributed by atoms with Gasteiger partial charge in [0.2, 0.25) is 0 Å². The lowest BCUT2D eigenvalue weighted by molar-refractivity contribution is 0.409. The summed E-state index contributed by atoms with van der Waals surface area (Å²) in [6.07, 6.45) is 0. The van der Waals surface area contributed by atoms with Crippen LogP contribution in [0.2, 0.25) is 0 Å². The lowest BCUT2D eigenvalue weighted by atomic mass is 9.82. The number of aryl methyl sites for hydroxylation is 2. The fraction of sp³-hybridized carbons (Fsp3) is 0.200. The minimum Gasteiger partial charge on any atom is -0.496 e. The topological polar surface area (TPSA) is 15.7 Å². The molecule has 0 amide bonds. The molecule has 3 heteroatoms. The van der Waals surface area contributed by atoms with Crippen molar-refractivity contribution in [1.29, 1.82) is 0 Å². The summed E-state index contributed by atoms with van der Waals surface area (Å²) in [5, 5.41) is 0. The van der Waals surface area contributed by atoms with E-state index in [9.17, 15) is 0 Å². The molecule has 0 atom stereocenters. The predicted octanol–water partition coefficient (Wildman–Crippen LogP) is 17.4. The number of hydrogen-bond donors (Lipinski definition) is 0. The van der Waals surface area contributed by atoms with E-state index in [-0.39, 0.29) is 11.8 Å². The lowest BCUT2D eigenvalue weighted by Gasteiger charge is -2.33. The summed E-state index contributed by atoms with van der Waals surface area (Å²) in [6, 6.07) is 61.9. The van der Waals surface area contributed by atoms with Gasteiger partial charge in [0, 0.05) is 34.0 Å². The van der Waals surface area contributed by atoms with Crippen molar-refractivity contribution in [3.8, 4) is 39.1 Å². The highest BCUT2D eigenvalue weighted by Gasteiger charge is 2.29. The Morgan fingerprint density at radius 2 is 0.698 bits per heavy atom. The van der Waals surface area contributed by atoms with Gasteiger partial charge in [-0.3, -0.25) is 0 Å². The summed E-state index contributed by atoms with van der Waals surface area (Å²) in [6.45, 7) is 20.4. The maximum atomic E-state index is 6.62. The first-order chi connectivity index (χ1) is 30.4. The molecule has 0 saturated carbocycles. The monoisotopic (exact) mass is 824 g/mol. The van der Waals surface area contributed by atoms with Gasteiger partial charge in [0.05, 0.1) is 12.8 Å². The van der Waals surface area contributed by atoms with Crippen LogP contribution in [0.3, 0.4) is 0 Å². The van der Waals surface area contributed by atoms with Gasteiger partial charge < -0.3 is 14.5 Å². The Hall–Kier alpha value is -6.84. The van der Waals surface area contributed by atoms with Crippen LogP contribution >= 0.6 is 0 Å². The van der Waals surface area contributed by atoms with Crippen molar-refractivity contribution in [2.24, 2.45) is 0 Å². The second kappa shape index (κ2) is 18.2. The van der Waals surface area contributed by atoms with E-state index in [2.05, 4.69) is 242 Å². The molecular weight excluding hydrogens is 765 g/mol. The van der Waals surface area contributed by atoms with Crippen molar-refractivity contribution in [3.05, 3.63) is 209 Å². The molecule has 8 rings (SSSR count). The molecule has 0 heterocycles. The third kappa shape index (κ3) is 8.53. The summed E-state index contributed by atoms with van der Waals surface area (Å²) in [7, 11) is 1.84. The molecule has 0 aliphatic heterocycles. The summed E-state index contributed by atoms with van der Waals surface area (Å²) in [4.78, 5) is 4.88. The van der Waals surface area contributed by atoms with Gasteiger partial charge in [-0.25, -0.2) is 0 Å². The standard InChI is InChI=1S/C60H60N2O/c1-39(2)54-37-56(61(50-29-21-41(5)22-30-50)52-33-25-48(26-34-52)46-17-13-11-14-18-46)44(8)58(43(54)7)59-45(9)57(38-55(40(3)4)60(59)63-10)62(51-31-23-42(6)24-32-51)53-35-27-49(28-36-53)47-19-15-12-16-20-47/h11-40H,1-10H3. The molecule has 0 saturated heterocycles. The SMILES string of the molecule is COc1c(C(C)C)cc(N(c2ccc(C)cc2)c2ccc(-c3ccccc3)cc2)c(C)c1-c1c(C)c(C(C)C)cc(N(c2ccc(C)cc2)c2ccc(-c3ccccc3)cc2)c1C. The van der Waals surface area contributed by atoms with Crippen LogP contribution in [-0.2, 0) is 0 Å². The normalized spacial score (nSPS) is 11.3. The molecule has 0 radical (unpaired) electrons. The van der Waals surface area contributed by atoms with Crippen molar-refractivity contribution in [1.82, 2.24) is 0 Å². The maximum absolute atomic E-state index is 6.62. The molecule has 0 N–H and O–H groups in total. The third-order valence-electron chi connectivity index (χ3n) is 12.6. The highest BCUT2D eigenvalue weighted by Crippen LogP contribution is 2.52. The Kier molecular flexibility index (Phi) is 12.4. The molecule has 0 unspecified atom stereocenters. The number of methoxy groups -OCH3 is 1. The van der Waals surface area contributed by atoms with Crippen molar-refractivity contribution >= 4 is 34.1 Å². The van der Waals surface area contributed by atoms with Crippen LogP contribution in [0.4, 0.5) is 34.1 Å². The van der Waals surface area contributed by atoms with Crippen molar-refractivity contribution in [2.75, 3.05) is 16.9 Å². The number of benzene rings is 8. The fourth-order valence-corrected chi connectivity index (χ4v) is 9.18. The smallest absolute Gasteiger partial charge is 0.130 e. The molecule has 0 aliphatic rings. The summed E-state index contributed by atoms with van der Waals surface area (Å²) >= 11 is 0. The molecule has 63 heavy (non-hydrogen) atoms. The van der Waals surface area contributed by atoms with E-state index in [1.165, 1.54) is 61.2 Å². The molecule has 8 aromatic rings. The van der Waals surface area contributed by atoms with Crippen LogP contribution in [0, 0.1) is 34.6 Å². The zero-order chi connectivity index (χ0) is 44.4. The van der Waals surface area contributed by atoms with Gasteiger partial charge in [-0.15, -0.1) is 0 Å². The van der Waals surface area contributed by atoms with E-state index in [1.807, 2.05) is 7.11 Å². The van der Waals surface area contributed by atoms with Gasteiger partial charge in [-0.1, -0.05) is 148 Å². The first kappa shape index (κ1) is 42.8. The number of rotatable bonds is 12. The van der Waals surface area contributed by atoms with Gasteiger partial charge in [-0.2, -0.15) is 0 Å². The van der Waals surface area contributed by atoms with Crippen LogP contribution in [0.1, 0.15) is 78.5 Å². The van der Waals surface area contributed by atoms with Gasteiger partial charge >= 0.3 is 0 Å². The summed E-state index contributed by atoms with van der Waals surface area (Å²) < 4.78 is 6.62. The zero-order valence-electron chi connectivity index (χ0n) is 38.6. The van der Waals surface area contributed by atoms with Crippen LogP contribution in [0.25, 0.3) is 33.4 Å². The van der Waals surface area contributed by atoms with Gasteiger partial charge in [0.15, 0.2) is 0 Å². The maximum Gasteiger partial charge on any atom is 0.130 e. The van der Waals surface area contributed by atoms with Gasteiger partial charge in [0.25, 0.3) is 0 Å². The Morgan fingerprint density at radius 3 is 1.06 bits per heavy atom. The molecule has 3 nitrogen and oxygen atoms in total. The third-order valence-corrected chi connectivity index (χ3v) is 12.6. The van der Waals surface area contributed by atoms with Gasteiger partial charge in [0.1, 0.15) is 5.75 Å². The number of anilines is 6. The average Bonchev–Trinajstić information content (AvgIpc) is 3.30. The first-order valence-corrected chi connectivity index (χ1v) is 22.4. The largest absolute Gasteiger partial charge is 0.496 e. The van der Waals surface area contributed by atoms with Crippen molar-refractivity contribution in [2.45, 2.75) is 74.1 Å². The second-order valence-corrected chi connectivity index (χ2v) is 17.6. The summed E-state index contributed by atoms with van der Waals surface area (Å²) in [5.74, 6) is 1.40. The predicted molar refractivity (Wildman–Crippen MR) is 271 cm³/mol. The molecule has 8 aromatic carbocycles. The van der Waals surface area contributed by atoms with Crippen LogP contribution in [0.5, 0.6) is 5.75 Å². The highest BCUT2D eigenvalue weighted by molar-refractivity contribution is 5.94. The molecule has 0 aliphatic carbocycles. The van der Waals surface area contributed by atoms with E-state index in [4.69, 9.17) is 4.74 Å². The van der Waals surface area contributed by atoms with E-state index in [1.54, 1.807) is 0 Å². The Bertz CT molecular complexity index is 2820. The van der Waals surface area contributed by atoms with Crippen LogP contribution in [-0.4, -0.2) is 7.11 Å². The lowest BCUT2D eigenvalue weighted by Crippen LogP contribution is -2.16. The minimum absolute atomic E-state index is 0.193. The second-order valence-electron chi connectivity index (χ2n) is 17.6.